The van der Waals surface area contributed by atoms with Gasteiger partial charge in [-0.2, -0.15) is 0 Å². The SMILES string of the molecule is CC(C)[C@@H]1CC[C@@H](C)CC1OC(=O)c1ccc(O)cc1. The lowest BCUT2D eigenvalue weighted by molar-refractivity contribution is -0.0174. The normalized spacial score (nSPS) is 26.5. The second kappa shape index (κ2) is 6.29. The smallest absolute Gasteiger partial charge is 0.338 e. The zero-order chi connectivity index (χ0) is 14.7. The van der Waals surface area contributed by atoms with Crippen molar-refractivity contribution < 1.29 is 14.6 Å². The van der Waals surface area contributed by atoms with Crippen LogP contribution in [0.15, 0.2) is 24.3 Å². The molecule has 0 saturated heterocycles. The molecular weight excluding hydrogens is 252 g/mol. The van der Waals surface area contributed by atoms with E-state index in [1.807, 2.05) is 0 Å². The monoisotopic (exact) mass is 276 g/mol. The Morgan fingerprint density at radius 3 is 2.50 bits per heavy atom. The predicted molar refractivity (Wildman–Crippen MR) is 78.7 cm³/mol. The number of phenols is 1. The van der Waals surface area contributed by atoms with Gasteiger partial charge in [0, 0.05) is 0 Å². The van der Waals surface area contributed by atoms with E-state index in [1.54, 1.807) is 12.1 Å². The molecule has 0 aromatic heterocycles. The molecule has 1 N–H and O–H groups in total. The first-order chi connectivity index (χ1) is 9.47. The van der Waals surface area contributed by atoms with Gasteiger partial charge >= 0.3 is 5.97 Å². The molecule has 2 rings (SSSR count). The van der Waals surface area contributed by atoms with Crippen LogP contribution < -0.4 is 0 Å². The van der Waals surface area contributed by atoms with E-state index in [0.717, 1.165) is 12.8 Å². The van der Waals surface area contributed by atoms with Gasteiger partial charge in [-0.3, -0.25) is 0 Å². The van der Waals surface area contributed by atoms with Crippen molar-refractivity contribution in [1.82, 2.24) is 0 Å². The molecule has 3 atom stereocenters. The first kappa shape index (κ1) is 14.9. The highest BCUT2D eigenvalue weighted by atomic mass is 16.5. The molecule has 1 fully saturated rings. The molecule has 1 saturated carbocycles. The third-order valence-electron chi connectivity index (χ3n) is 4.32. The molecule has 110 valence electrons. The minimum absolute atomic E-state index is 0.0139. The summed E-state index contributed by atoms with van der Waals surface area (Å²) in [4.78, 5) is 12.2. The summed E-state index contributed by atoms with van der Waals surface area (Å²) in [7, 11) is 0. The first-order valence-electron chi connectivity index (χ1n) is 7.47. The van der Waals surface area contributed by atoms with E-state index in [-0.39, 0.29) is 17.8 Å². The van der Waals surface area contributed by atoms with Gasteiger partial charge in [0.05, 0.1) is 5.56 Å². The highest BCUT2D eigenvalue weighted by molar-refractivity contribution is 5.89. The number of esters is 1. The summed E-state index contributed by atoms with van der Waals surface area (Å²) in [6.07, 6.45) is 3.31. The molecule has 3 heteroatoms. The lowest BCUT2D eigenvalue weighted by Crippen LogP contribution is -2.35. The summed E-state index contributed by atoms with van der Waals surface area (Å²) in [6.45, 7) is 6.61. The van der Waals surface area contributed by atoms with Crippen LogP contribution in [0, 0.1) is 17.8 Å². The fraction of sp³-hybridized carbons (Fsp3) is 0.588. The summed E-state index contributed by atoms with van der Waals surface area (Å²) in [5.41, 5.74) is 0.503. The van der Waals surface area contributed by atoms with Crippen LogP contribution in [-0.2, 0) is 4.74 Å². The molecule has 0 bridgehead atoms. The van der Waals surface area contributed by atoms with Gasteiger partial charge in [-0.05, 0) is 54.9 Å². The van der Waals surface area contributed by atoms with Gasteiger partial charge < -0.3 is 9.84 Å². The standard InChI is InChI=1S/C17H24O3/c1-11(2)15-9-4-12(3)10-16(15)20-17(19)13-5-7-14(18)8-6-13/h5-8,11-12,15-16,18H,4,9-10H2,1-3H3/t12-,15+,16?/m1/s1. The maximum Gasteiger partial charge on any atom is 0.338 e. The lowest BCUT2D eigenvalue weighted by atomic mass is 9.75. The fourth-order valence-corrected chi connectivity index (χ4v) is 3.05. The first-order valence-corrected chi connectivity index (χ1v) is 7.47. The van der Waals surface area contributed by atoms with Crippen molar-refractivity contribution in [2.45, 2.75) is 46.1 Å². The highest BCUT2D eigenvalue weighted by Crippen LogP contribution is 2.35. The zero-order valence-corrected chi connectivity index (χ0v) is 12.5. The third kappa shape index (κ3) is 3.53. The molecule has 0 heterocycles. The average Bonchev–Trinajstić information content (AvgIpc) is 2.39. The Kier molecular flexibility index (Phi) is 4.69. The summed E-state index contributed by atoms with van der Waals surface area (Å²) < 4.78 is 5.74. The number of ether oxygens (including phenoxy) is 1. The van der Waals surface area contributed by atoms with Crippen molar-refractivity contribution in [3.8, 4) is 5.75 Å². The maximum absolute atomic E-state index is 12.2. The largest absolute Gasteiger partial charge is 0.508 e. The summed E-state index contributed by atoms with van der Waals surface area (Å²) in [6, 6.07) is 6.24. The van der Waals surface area contributed by atoms with Crippen LogP contribution in [-0.4, -0.2) is 17.2 Å². The van der Waals surface area contributed by atoms with Crippen molar-refractivity contribution in [3.05, 3.63) is 29.8 Å². The van der Waals surface area contributed by atoms with Crippen LogP contribution in [0.3, 0.4) is 0 Å². The van der Waals surface area contributed by atoms with E-state index in [2.05, 4.69) is 20.8 Å². The van der Waals surface area contributed by atoms with Crippen LogP contribution in [0.4, 0.5) is 0 Å². The number of phenolic OH excluding ortho intramolecular Hbond substituents is 1. The number of carbonyl (C=O) groups is 1. The van der Waals surface area contributed by atoms with Gasteiger partial charge in [-0.25, -0.2) is 4.79 Å². The predicted octanol–water partition coefficient (Wildman–Crippen LogP) is 4.01. The second-order valence-electron chi connectivity index (χ2n) is 6.32. The molecule has 0 amide bonds. The number of rotatable bonds is 3. The summed E-state index contributed by atoms with van der Waals surface area (Å²) >= 11 is 0. The van der Waals surface area contributed by atoms with Gasteiger partial charge in [-0.15, -0.1) is 0 Å². The molecule has 0 radical (unpaired) electrons. The minimum Gasteiger partial charge on any atom is -0.508 e. The number of benzene rings is 1. The van der Waals surface area contributed by atoms with Gasteiger partial charge in [0.15, 0.2) is 0 Å². The van der Waals surface area contributed by atoms with Crippen molar-refractivity contribution >= 4 is 5.97 Å². The molecule has 3 nitrogen and oxygen atoms in total. The minimum atomic E-state index is -0.283. The Hall–Kier alpha value is -1.51. The van der Waals surface area contributed by atoms with Gasteiger partial charge in [-0.1, -0.05) is 27.2 Å². The topological polar surface area (TPSA) is 46.5 Å². The molecule has 1 unspecified atom stereocenters. The van der Waals surface area contributed by atoms with E-state index in [1.165, 1.54) is 18.6 Å². The van der Waals surface area contributed by atoms with E-state index in [4.69, 9.17) is 4.74 Å². The number of hydrogen-bond donors (Lipinski definition) is 1. The summed E-state index contributed by atoms with van der Waals surface area (Å²) in [5, 5.41) is 9.26. The number of aromatic hydroxyl groups is 1. The maximum atomic E-state index is 12.2. The van der Waals surface area contributed by atoms with E-state index < -0.39 is 0 Å². The Balaban J connectivity index is 2.05. The van der Waals surface area contributed by atoms with Crippen molar-refractivity contribution in [1.29, 1.82) is 0 Å². The summed E-state index contributed by atoms with van der Waals surface area (Å²) in [5.74, 6) is 1.47. The van der Waals surface area contributed by atoms with E-state index >= 15 is 0 Å². The van der Waals surface area contributed by atoms with Crippen LogP contribution in [0.25, 0.3) is 0 Å². The molecule has 1 aliphatic carbocycles. The van der Waals surface area contributed by atoms with Gasteiger partial charge in [0.1, 0.15) is 11.9 Å². The second-order valence-corrected chi connectivity index (χ2v) is 6.32. The Bertz CT molecular complexity index is 450. The number of hydrogen-bond acceptors (Lipinski definition) is 3. The van der Waals surface area contributed by atoms with Crippen molar-refractivity contribution in [3.63, 3.8) is 0 Å². The Labute approximate surface area is 121 Å². The van der Waals surface area contributed by atoms with E-state index in [0.29, 0.717) is 23.3 Å². The van der Waals surface area contributed by atoms with Crippen LogP contribution in [0.2, 0.25) is 0 Å². The molecule has 0 spiro atoms. The zero-order valence-electron chi connectivity index (χ0n) is 12.5. The van der Waals surface area contributed by atoms with Crippen molar-refractivity contribution in [2.75, 3.05) is 0 Å². The quantitative estimate of drug-likeness (QED) is 0.848. The molecule has 1 aliphatic rings. The van der Waals surface area contributed by atoms with Crippen LogP contribution >= 0.6 is 0 Å². The highest BCUT2D eigenvalue weighted by Gasteiger charge is 2.33. The van der Waals surface area contributed by atoms with Crippen LogP contribution in [0.1, 0.15) is 50.4 Å². The van der Waals surface area contributed by atoms with Crippen molar-refractivity contribution in [2.24, 2.45) is 17.8 Å². The average molecular weight is 276 g/mol. The molecule has 1 aromatic rings. The van der Waals surface area contributed by atoms with Crippen LogP contribution in [0.5, 0.6) is 5.75 Å². The van der Waals surface area contributed by atoms with E-state index in [9.17, 15) is 9.90 Å². The fourth-order valence-electron chi connectivity index (χ4n) is 3.05. The third-order valence-corrected chi connectivity index (χ3v) is 4.32. The molecule has 0 aliphatic heterocycles. The number of carbonyl (C=O) groups excluding carboxylic acids is 1. The molecular formula is C17H24O3. The van der Waals surface area contributed by atoms with Gasteiger partial charge in [0.2, 0.25) is 0 Å². The Morgan fingerprint density at radius 2 is 1.90 bits per heavy atom. The van der Waals surface area contributed by atoms with Gasteiger partial charge in [0.25, 0.3) is 0 Å². The molecule has 1 aromatic carbocycles. The lowest BCUT2D eigenvalue weighted by Gasteiger charge is -2.36. The Morgan fingerprint density at radius 1 is 1.25 bits per heavy atom. The molecule has 20 heavy (non-hydrogen) atoms.